The van der Waals surface area contributed by atoms with Crippen molar-refractivity contribution in [3.05, 3.63) is 82.5 Å². The first kappa shape index (κ1) is 16.2. The van der Waals surface area contributed by atoms with E-state index in [9.17, 15) is 9.90 Å². The molecule has 1 N–H and O–H groups in total. The van der Waals surface area contributed by atoms with Crippen LogP contribution in [0, 0.1) is 5.39 Å². The molecule has 23 heavy (non-hydrogen) atoms. The molecule has 0 bridgehead atoms. The number of carbonyl (C=O) groups excluding carboxylic acids is 1. The number of ether oxygens (including phenoxy) is 1. The zero-order valence-corrected chi connectivity index (χ0v) is 12.6. The van der Waals surface area contributed by atoms with Gasteiger partial charge in [0.2, 0.25) is 11.2 Å². The van der Waals surface area contributed by atoms with Gasteiger partial charge in [0.05, 0.1) is 6.61 Å². The van der Waals surface area contributed by atoms with E-state index in [-0.39, 0.29) is 6.61 Å². The van der Waals surface area contributed by atoms with Gasteiger partial charge < -0.3 is 9.84 Å². The fraction of sp³-hybridized carbons (Fsp3) is 0.167. The summed E-state index contributed by atoms with van der Waals surface area (Å²) in [4.78, 5) is 14.8. The lowest BCUT2D eigenvalue weighted by Crippen LogP contribution is -2.09. The smallest absolute Gasteiger partial charge is 0.501 e. The monoisotopic (exact) mass is 309 g/mol. The number of diazo groups is 1. The number of hydrogen-bond acceptors (Lipinski definition) is 4. The topological polar surface area (TPSA) is 74.7 Å². The molecule has 0 aliphatic carbocycles. The van der Waals surface area contributed by atoms with Crippen LogP contribution < -0.4 is 0 Å². The van der Waals surface area contributed by atoms with E-state index >= 15 is 0 Å². The summed E-state index contributed by atoms with van der Waals surface area (Å²) in [7, 11) is 0. The summed E-state index contributed by atoms with van der Waals surface area (Å²) in [6, 6.07) is 18.2. The van der Waals surface area contributed by atoms with Crippen molar-refractivity contribution in [1.82, 2.24) is 0 Å². The lowest BCUT2D eigenvalue weighted by atomic mass is 10.1. The Labute approximate surface area is 134 Å². The molecule has 2 aromatic carbocycles. The van der Waals surface area contributed by atoms with Crippen LogP contribution in [0.4, 0.5) is 0 Å². The second-order valence-corrected chi connectivity index (χ2v) is 4.89. The van der Waals surface area contributed by atoms with Gasteiger partial charge in [-0.25, -0.2) is 4.79 Å². The van der Waals surface area contributed by atoms with Gasteiger partial charge in [0.15, 0.2) is 4.98 Å². The summed E-state index contributed by atoms with van der Waals surface area (Å²) in [6.07, 6.45) is 1.41. The van der Waals surface area contributed by atoms with Gasteiger partial charge in [-0.05, 0) is 18.4 Å². The molecule has 0 aliphatic rings. The Morgan fingerprint density at radius 1 is 1.04 bits per heavy atom. The highest BCUT2D eigenvalue weighted by molar-refractivity contribution is 5.97. The molecule has 0 saturated heterocycles. The Morgan fingerprint density at radius 3 is 2.26 bits per heavy atom. The molecule has 0 heterocycles. The number of esters is 1. The van der Waals surface area contributed by atoms with E-state index in [4.69, 9.17) is 10.1 Å². The lowest BCUT2D eigenvalue weighted by Gasteiger charge is -2.02. The highest BCUT2D eigenvalue weighted by Crippen LogP contribution is 2.18. The van der Waals surface area contributed by atoms with Gasteiger partial charge in [0.25, 0.3) is 0 Å². The Balaban J connectivity index is 1.92. The number of nitrogens with zero attached hydrogens (tertiary/aromatic N) is 2. The Morgan fingerprint density at radius 2 is 1.65 bits per heavy atom. The average Bonchev–Trinajstić information content (AvgIpc) is 2.61. The van der Waals surface area contributed by atoms with Crippen LogP contribution in [0.5, 0.6) is 0 Å². The number of rotatable bonds is 6. The first-order valence-corrected chi connectivity index (χ1v) is 7.27. The van der Waals surface area contributed by atoms with E-state index in [2.05, 4.69) is 4.98 Å². The van der Waals surface area contributed by atoms with E-state index in [1.807, 2.05) is 30.3 Å². The molecular weight excluding hydrogens is 292 g/mol. The molecule has 0 aromatic heterocycles. The normalized spacial score (nSPS) is 11.3. The lowest BCUT2D eigenvalue weighted by molar-refractivity contribution is -0.138. The minimum atomic E-state index is -0.859. The van der Waals surface area contributed by atoms with Crippen molar-refractivity contribution in [2.75, 3.05) is 6.61 Å². The van der Waals surface area contributed by atoms with E-state index in [0.29, 0.717) is 12.0 Å². The summed E-state index contributed by atoms with van der Waals surface area (Å²) < 4.78 is 5.05. The standard InChI is InChI=1S/C18H16N2O3/c19-20-16(17(21)15-11-5-2-6-12-15)18(22)23-13-7-10-14-8-3-1-4-9-14/h1-6,8-9,11-12H,7,10,13H2/p+1. The number of aliphatic hydroxyl groups excluding tert-OH is 1. The van der Waals surface area contributed by atoms with Gasteiger partial charge in [-0.15, -0.1) is 0 Å². The maximum Gasteiger partial charge on any atom is 0.510 e. The molecule has 0 fully saturated rings. The maximum absolute atomic E-state index is 11.9. The molecule has 0 aliphatic heterocycles. The quantitative estimate of drug-likeness (QED) is 0.288. The van der Waals surface area contributed by atoms with Crippen molar-refractivity contribution in [3.63, 3.8) is 0 Å². The van der Waals surface area contributed by atoms with Crippen LogP contribution in [-0.2, 0) is 16.0 Å². The summed E-state index contributed by atoms with van der Waals surface area (Å²) in [5.74, 6) is -1.27. The second kappa shape index (κ2) is 8.35. The third-order valence-electron chi connectivity index (χ3n) is 3.25. The SMILES string of the molecule is N#[N+]/C(C(=O)OCCCc1ccccc1)=C(/O)c1ccccc1. The Hall–Kier alpha value is -3.13. The number of carbonyl (C=O) groups is 1. The van der Waals surface area contributed by atoms with Crippen molar-refractivity contribution in [2.45, 2.75) is 12.8 Å². The van der Waals surface area contributed by atoms with Gasteiger partial charge in [0.1, 0.15) is 0 Å². The molecule has 0 saturated carbocycles. The van der Waals surface area contributed by atoms with Gasteiger partial charge >= 0.3 is 11.7 Å². The molecular formula is C18H17N2O3+. The molecule has 0 unspecified atom stereocenters. The molecule has 5 heteroatoms. The van der Waals surface area contributed by atoms with Crippen LogP contribution in [0.15, 0.2) is 66.4 Å². The molecule has 116 valence electrons. The van der Waals surface area contributed by atoms with Crippen LogP contribution in [0.25, 0.3) is 10.7 Å². The Kier molecular flexibility index (Phi) is 5.89. The van der Waals surface area contributed by atoms with Gasteiger partial charge in [-0.1, -0.05) is 60.7 Å². The fourth-order valence-electron chi connectivity index (χ4n) is 2.07. The average molecular weight is 309 g/mol. The van der Waals surface area contributed by atoms with E-state index < -0.39 is 17.4 Å². The summed E-state index contributed by atoms with van der Waals surface area (Å²) in [5, 5.41) is 19.0. The van der Waals surface area contributed by atoms with Crippen molar-refractivity contribution < 1.29 is 14.6 Å². The molecule has 2 aromatic rings. The van der Waals surface area contributed by atoms with Crippen LogP contribution in [0.3, 0.4) is 0 Å². The highest BCUT2D eigenvalue weighted by Gasteiger charge is 2.31. The predicted octanol–water partition coefficient (Wildman–Crippen LogP) is 3.94. The van der Waals surface area contributed by atoms with Gasteiger partial charge in [-0.3, -0.25) is 0 Å². The van der Waals surface area contributed by atoms with E-state index in [0.717, 1.165) is 12.0 Å². The van der Waals surface area contributed by atoms with E-state index in [1.165, 1.54) is 0 Å². The summed E-state index contributed by atoms with van der Waals surface area (Å²) >= 11 is 0. The largest absolute Gasteiger partial charge is 0.510 e. The number of aryl methyl sites for hydroxylation is 1. The number of hydrogen-bond donors (Lipinski definition) is 1. The number of aliphatic hydroxyl groups is 1. The zero-order valence-electron chi connectivity index (χ0n) is 12.6. The van der Waals surface area contributed by atoms with Gasteiger partial charge in [0, 0.05) is 5.56 Å². The molecule has 5 nitrogen and oxygen atoms in total. The highest BCUT2D eigenvalue weighted by atomic mass is 16.5. The Bertz CT molecular complexity index is 719. The van der Waals surface area contributed by atoms with Gasteiger partial charge in [-0.2, -0.15) is 0 Å². The third kappa shape index (κ3) is 4.68. The third-order valence-corrected chi connectivity index (χ3v) is 3.25. The molecule has 0 radical (unpaired) electrons. The minimum absolute atomic E-state index is 0.175. The van der Waals surface area contributed by atoms with Crippen LogP contribution in [-0.4, -0.2) is 17.7 Å². The number of benzene rings is 2. The first-order chi connectivity index (χ1) is 11.2. The van der Waals surface area contributed by atoms with Crippen molar-refractivity contribution in [1.29, 1.82) is 5.39 Å². The maximum atomic E-state index is 11.9. The second-order valence-electron chi connectivity index (χ2n) is 4.89. The van der Waals surface area contributed by atoms with Crippen LogP contribution in [0.1, 0.15) is 17.5 Å². The molecule has 0 atom stereocenters. The van der Waals surface area contributed by atoms with Crippen LogP contribution in [0.2, 0.25) is 0 Å². The molecule has 2 rings (SSSR count). The molecule has 0 amide bonds. The minimum Gasteiger partial charge on any atom is -0.501 e. The fourth-order valence-corrected chi connectivity index (χ4v) is 2.07. The zero-order chi connectivity index (χ0) is 16.5. The van der Waals surface area contributed by atoms with Crippen molar-refractivity contribution in [3.8, 4) is 0 Å². The first-order valence-electron chi connectivity index (χ1n) is 7.27. The van der Waals surface area contributed by atoms with Crippen LogP contribution >= 0.6 is 0 Å². The van der Waals surface area contributed by atoms with Crippen molar-refractivity contribution in [2.24, 2.45) is 0 Å². The van der Waals surface area contributed by atoms with Crippen molar-refractivity contribution >= 4 is 11.7 Å². The molecule has 0 spiro atoms. The van der Waals surface area contributed by atoms with E-state index in [1.54, 1.807) is 30.3 Å². The summed E-state index contributed by atoms with van der Waals surface area (Å²) in [6.45, 7) is 0.175. The predicted molar refractivity (Wildman–Crippen MR) is 86.8 cm³/mol. The summed E-state index contributed by atoms with van der Waals surface area (Å²) in [5.41, 5.74) is 1.02.